The Labute approximate surface area is 192 Å². The minimum Gasteiger partial charge on any atom is -0.337 e. The van der Waals surface area contributed by atoms with Crippen LogP contribution >= 0.6 is 11.6 Å². The molecule has 7 heteroatoms. The summed E-state index contributed by atoms with van der Waals surface area (Å²) >= 11 is 5.92. The molecule has 0 aliphatic heterocycles. The van der Waals surface area contributed by atoms with Gasteiger partial charge in [-0.15, -0.1) is 0 Å². The normalized spacial score (nSPS) is 11.6. The lowest BCUT2D eigenvalue weighted by molar-refractivity contribution is -0.116. The van der Waals surface area contributed by atoms with Crippen molar-refractivity contribution in [3.63, 3.8) is 0 Å². The molecule has 0 aliphatic rings. The Hall–Kier alpha value is -3.09. The van der Waals surface area contributed by atoms with Gasteiger partial charge in [-0.05, 0) is 54.8 Å². The van der Waals surface area contributed by atoms with E-state index in [4.69, 9.17) is 11.6 Å². The number of hydrogen-bond donors (Lipinski definition) is 1. The number of amides is 1. The number of para-hydroxylation sites is 1. The Kier molecular flexibility index (Phi) is 6.09. The lowest BCUT2D eigenvalue weighted by Gasteiger charge is -2.10. The SMILES string of the molecule is Cc1ccc(C)c(NC(=O)Cn2cc(S(=O)(=O)Cc3ccc(Cl)cc3)c3ccccc32)c1. The Morgan fingerprint density at radius 2 is 1.72 bits per heavy atom. The molecule has 0 saturated carbocycles. The monoisotopic (exact) mass is 466 g/mol. The van der Waals surface area contributed by atoms with Crippen molar-refractivity contribution in [3.8, 4) is 0 Å². The lowest BCUT2D eigenvalue weighted by Crippen LogP contribution is -2.19. The van der Waals surface area contributed by atoms with E-state index in [2.05, 4.69) is 5.32 Å². The summed E-state index contributed by atoms with van der Waals surface area (Å²) in [5, 5.41) is 4.09. The fourth-order valence-electron chi connectivity index (χ4n) is 3.68. The predicted octanol–water partition coefficient (Wildman–Crippen LogP) is 5.52. The van der Waals surface area contributed by atoms with E-state index in [-0.39, 0.29) is 23.1 Å². The molecule has 1 aromatic heterocycles. The molecule has 1 amide bonds. The van der Waals surface area contributed by atoms with Crippen LogP contribution in [0, 0.1) is 13.8 Å². The van der Waals surface area contributed by atoms with Crippen molar-refractivity contribution in [1.82, 2.24) is 4.57 Å². The number of sulfone groups is 1. The van der Waals surface area contributed by atoms with Gasteiger partial charge in [0.25, 0.3) is 0 Å². The molecule has 3 aromatic carbocycles. The van der Waals surface area contributed by atoms with Gasteiger partial charge in [0.1, 0.15) is 6.54 Å². The summed E-state index contributed by atoms with van der Waals surface area (Å²) < 4.78 is 28.1. The molecule has 0 aliphatic carbocycles. The second-order valence-electron chi connectivity index (χ2n) is 7.89. The van der Waals surface area contributed by atoms with Gasteiger partial charge in [-0.3, -0.25) is 4.79 Å². The van der Waals surface area contributed by atoms with E-state index in [9.17, 15) is 13.2 Å². The molecule has 4 aromatic rings. The molecular weight excluding hydrogens is 444 g/mol. The van der Waals surface area contributed by atoms with E-state index in [1.807, 2.05) is 44.2 Å². The highest BCUT2D eigenvalue weighted by atomic mass is 35.5. The van der Waals surface area contributed by atoms with Crippen molar-refractivity contribution in [2.45, 2.75) is 31.0 Å². The number of nitrogens with one attached hydrogen (secondary N) is 1. The fourth-order valence-corrected chi connectivity index (χ4v) is 5.39. The zero-order valence-electron chi connectivity index (χ0n) is 17.8. The van der Waals surface area contributed by atoms with Crippen LogP contribution < -0.4 is 5.32 Å². The van der Waals surface area contributed by atoms with Gasteiger partial charge in [-0.25, -0.2) is 8.42 Å². The molecule has 5 nitrogen and oxygen atoms in total. The minimum absolute atomic E-state index is 0.00433. The second kappa shape index (κ2) is 8.81. The van der Waals surface area contributed by atoms with E-state index in [1.165, 1.54) is 0 Å². The molecule has 164 valence electrons. The number of aryl methyl sites for hydroxylation is 2. The maximum Gasteiger partial charge on any atom is 0.244 e. The second-order valence-corrected chi connectivity index (χ2v) is 10.3. The molecule has 1 heterocycles. The van der Waals surface area contributed by atoms with Crippen LogP contribution in [0.1, 0.15) is 16.7 Å². The van der Waals surface area contributed by atoms with Gasteiger partial charge in [0.2, 0.25) is 5.91 Å². The van der Waals surface area contributed by atoms with Crippen LogP contribution in [-0.4, -0.2) is 18.9 Å². The number of anilines is 1. The van der Waals surface area contributed by atoms with Crippen LogP contribution in [0.3, 0.4) is 0 Å². The van der Waals surface area contributed by atoms with E-state index in [1.54, 1.807) is 47.2 Å². The van der Waals surface area contributed by atoms with Crippen LogP contribution in [0.15, 0.2) is 77.8 Å². The third kappa shape index (κ3) is 4.71. The molecule has 0 unspecified atom stereocenters. The van der Waals surface area contributed by atoms with Crippen molar-refractivity contribution in [1.29, 1.82) is 0 Å². The molecule has 0 bridgehead atoms. The molecule has 0 spiro atoms. The number of aromatic nitrogens is 1. The van der Waals surface area contributed by atoms with Gasteiger partial charge in [-0.1, -0.05) is 54.1 Å². The number of nitrogens with zero attached hydrogens (tertiary/aromatic N) is 1. The van der Waals surface area contributed by atoms with Gasteiger partial charge in [0.15, 0.2) is 9.84 Å². The molecular formula is C25H23ClN2O3S. The van der Waals surface area contributed by atoms with Gasteiger partial charge in [-0.2, -0.15) is 0 Å². The van der Waals surface area contributed by atoms with Gasteiger partial charge < -0.3 is 9.88 Å². The molecule has 0 atom stereocenters. The Morgan fingerprint density at radius 1 is 1.00 bits per heavy atom. The molecule has 0 radical (unpaired) electrons. The molecule has 0 saturated heterocycles. The number of carbonyl (C=O) groups is 1. The quantitative estimate of drug-likeness (QED) is 0.406. The molecule has 32 heavy (non-hydrogen) atoms. The first-order valence-electron chi connectivity index (χ1n) is 10.1. The van der Waals surface area contributed by atoms with Crippen molar-refractivity contribution in [2.24, 2.45) is 0 Å². The number of hydrogen-bond acceptors (Lipinski definition) is 3. The maximum absolute atomic E-state index is 13.2. The minimum atomic E-state index is -3.63. The summed E-state index contributed by atoms with van der Waals surface area (Å²) in [5.41, 5.74) is 4.11. The predicted molar refractivity (Wildman–Crippen MR) is 129 cm³/mol. The Bertz CT molecular complexity index is 1410. The summed E-state index contributed by atoms with van der Waals surface area (Å²) in [7, 11) is -3.63. The van der Waals surface area contributed by atoms with E-state index in [0.717, 1.165) is 16.8 Å². The summed E-state index contributed by atoms with van der Waals surface area (Å²) in [6.07, 6.45) is 1.55. The highest BCUT2D eigenvalue weighted by Gasteiger charge is 2.22. The van der Waals surface area contributed by atoms with Crippen LogP contribution in [-0.2, 0) is 26.9 Å². The first-order valence-corrected chi connectivity index (χ1v) is 12.2. The largest absolute Gasteiger partial charge is 0.337 e. The van der Waals surface area contributed by atoms with E-state index < -0.39 is 9.84 Å². The summed E-state index contributed by atoms with van der Waals surface area (Å²) in [6.45, 7) is 3.90. The van der Waals surface area contributed by atoms with Gasteiger partial charge in [0.05, 0.1) is 10.6 Å². The zero-order chi connectivity index (χ0) is 22.9. The van der Waals surface area contributed by atoms with Crippen LogP contribution in [0.5, 0.6) is 0 Å². The van der Waals surface area contributed by atoms with Crippen molar-refractivity contribution in [3.05, 3.63) is 94.6 Å². The standard InChI is InChI=1S/C25H23ClN2O3S/c1-17-7-8-18(2)22(13-17)27-25(29)15-28-14-24(21-5-3-4-6-23(21)28)32(30,31)16-19-9-11-20(26)12-10-19/h3-14H,15-16H2,1-2H3,(H,27,29). The highest BCUT2D eigenvalue weighted by molar-refractivity contribution is 7.90. The van der Waals surface area contributed by atoms with Crippen LogP contribution in [0.25, 0.3) is 10.9 Å². The summed E-state index contributed by atoms with van der Waals surface area (Å²) in [4.78, 5) is 13.0. The summed E-state index contributed by atoms with van der Waals surface area (Å²) in [5.74, 6) is -0.367. The van der Waals surface area contributed by atoms with Crippen molar-refractivity contribution in [2.75, 3.05) is 5.32 Å². The molecule has 0 fully saturated rings. The Morgan fingerprint density at radius 3 is 2.47 bits per heavy atom. The van der Waals surface area contributed by atoms with Crippen molar-refractivity contribution < 1.29 is 13.2 Å². The van der Waals surface area contributed by atoms with Crippen LogP contribution in [0.2, 0.25) is 5.02 Å². The fraction of sp³-hybridized carbons (Fsp3) is 0.160. The number of benzene rings is 3. The number of rotatable bonds is 6. The maximum atomic E-state index is 13.2. The average Bonchev–Trinajstić information content (AvgIpc) is 3.12. The molecule has 4 rings (SSSR count). The number of fused-ring (bicyclic) bond motifs is 1. The number of halogens is 1. The first kappa shape index (κ1) is 22.1. The smallest absolute Gasteiger partial charge is 0.244 e. The topological polar surface area (TPSA) is 68.2 Å². The van der Waals surface area contributed by atoms with E-state index >= 15 is 0 Å². The third-order valence-corrected chi connectivity index (χ3v) is 7.30. The first-order chi connectivity index (χ1) is 15.2. The Balaban J connectivity index is 1.64. The highest BCUT2D eigenvalue weighted by Crippen LogP contribution is 2.28. The number of carbonyl (C=O) groups excluding carboxylic acids is 1. The van der Waals surface area contributed by atoms with Crippen molar-refractivity contribution >= 4 is 43.9 Å². The average molecular weight is 467 g/mol. The van der Waals surface area contributed by atoms with Gasteiger partial charge >= 0.3 is 0 Å². The molecule has 1 N–H and O–H groups in total. The third-order valence-electron chi connectivity index (χ3n) is 5.34. The summed E-state index contributed by atoms with van der Waals surface area (Å²) in [6, 6.07) is 19.8. The lowest BCUT2D eigenvalue weighted by atomic mass is 10.1. The van der Waals surface area contributed by atoms with Crippen LogP contribution in [0.4, 0.5) is 5.69 Å². The van der Waals surface area contributed by atoms with E-state index in [0.29, 0.717) is 21.5 Å². The van der Waals surface area contributed by atoms with Gasteiger partial charge in [0, 0.05) is 27.8 Å². The zero-order valence-corrected chi connectivity index (χ0v) is 19.4.